The normalized spacial score (nSPS) is 15.7. The van der Waals surface area contributed by atoms with E-state index >= 15 is 0 Å². The van der Waals surface area contributed by atoms with Crippen LogP contribution in [0.1, 0.15) is 33.3 Å². The molecule has 28 heavy (non-hydrogen) atoms. The second-order valence-corrected chi connectivity index (χ2v) is 7.91. The number of esters is 1. The van der Waals surface area contributed by atoms with Gasteiger partial charge in [0.25, 0.3) is 11.1 Å². The molecule has 0 aliphatic carbocycles. The van der Waals surface area contributed by atoms with Crippen molar-refractivity contribution < 1.29 is 28.6 Å². The first-order valence-electron chi connectivity index (χ1n) is 8.97. The molecule has 1 aliphatic heterocycles. The smallest absolute Gasteiger partial charge is 0.326 e. The van der Waals surface area contributed by atoms with Crippen molar-refractivity contribution in [2.24, 2.45) is 5.92 Å². The first-order valence-corrected chi connectivity index (χ1v) is 9.78. The van der Waals surface area contributed by atoms with E-state index in [-0.39, 0.29) is 11.0 Å². The van der Waals surface area contributed by atoms with Crippen LogP contribution < -0.4 is 9.47 Å². The van der Waals surface area contributed by atoms with Gasteiger partial charge in [-0.1, -0.05) is 19.9 Å². The summed E-state index contributed by atoms with van der Waals surface area (Å²) in [7, 11) is 1.54. The standard InChI is InChI=1S/C20H25NO6S/c1-12(2)11-26-15-7-6-14(8-16(15)25-5)9-17-19(23)21(20(24)28-17)10-18(22)27-13(3)4/h6-9,12-13H,10-11H2,1-5H3/b17-9+. The molecule has 0 spiro atoms. The number of carbonyl (C=O) groups is 3. The molecule has 0 saturated carbocycles. The van der Waals surface area contributed by atoms with Crippen molar-refractivity contribution in [2.45, 2.75) is 33.8 Å². The van der Waals surface area contributed by atoms with Gasteiger partial charge in [-0.3, -0.25) is 19.3 Å². The van der Waals surface area contributed by atoms with Gasteiger partial charge in [0.1, 0.15) is 6.54 Å². The molecule has 1 fully saturated rings. The van der Waals surface area contributed by atoms with Gasteiger partial charge in [-0.25, -0.2) is 0 Å². The molecule has 7 nitrogen and oxygen atoms in total. The topological polar surface area (TPSA) is 82.1 Å². The van der Waals surface area contributed by atoms with Crippen molar-refractivity contribution in [3.05, 3.63) is 28.7 Å². The number of benzene rings is 1. The fraction of sp³-hybridized carbons (Fsp3) is 0.450. The minimum Gasteiger partial charge on any atom is -0.493 e. The van der Waals surface area contributed by atoms with Crippen molar-refractivity contribution in [1.82, 2.24) is 4.90 Å². The molecule has 2 rings (SSSR count). The molecule has 0 atom stereocenters. The zero-order chi connectivity index (χ0) is 20.8. The monoisotopic (exact) mass is 407 g/mol. The Morgan fingerprint density at radius 2 is 1.89 bits per heavy atom. The van der Waals surface area contributed by atoms with Crippen molar-refractivity contribution >= 4 is 35.0 Å². The van der Waals surface area contributed by atoms with Crippen molar-refractivity contribution in [3.63, 3.8) is 0 Å². The van der Waals surface area contributed by atoms with Crippen LogP contribution >= 0.6 is 11.8 Å². The Morgan fingerprint density at radius 3 is 2.50 bits per heavy atom. The molecule has 0 N–H and O–H groups in total. The lowest BCUT2D eigenvalue weighted by Gasteiger charge is -2.13. The maximum absolute atomic E-state index is 12.5. The average Bonchev–Trinajstić information content (AvgIpc) is 2.87. The van der Waals surface area contributed by atoms with E-state index in [4.69, 9.17) is 14.2 Å². The van der Waals surface area contributed by atoms with Crippen LogP contribution in [0.5, 0.6) is 11.5 Å². The number of thioether (sulfide) groups is 1. The van der Waals surface area contributed by atoms with Gasteiger partial charge in [-0.2, -0.15) is 0 Å². The lowest BCUT2D eigenvalue weighted by Crippen LogP contribution is -2.35. The summed E-state index contributed by atoms with van der Waals surface area (Å²) >= 11 is 0.788. The van der Waals surface area contributed by atoms with E-state index in [9.17, 15) is 14.4 Å². The predicted octanol–water partition coefficient (Wildman–Crippen LogP) is 3.72. The van der Waals surface area contributed by atoms with Gasteiger partial charge in [0.15, 0.2) is 11.5 Å². The third-order valence-electron chi connectivity index (χ3n) is 3.59. The van der Waals surface area contributed by atoms with E-state index < -0.39 is 23.7 Å². The Hall–Kier alpha value is -2.48. The molecule has 0 aromatic heterocycles. The molecule has 8 heteroatoms. The number of methoxy groups -OCH3 is 1. The summed E-state index contributed by atoms with van der Waals surface area (Å²) in [5.41, 5.74) is 0.684. The summed E-state index contributed by atoms with van der Waals surface area (Å²) in [5, 5.41) is -0.499. The molecule has 1 aromatic rings. The van der Waals surface area contributed by atoms with Crippen molar-refractivity contribution in [3.8, 4) is 11.5 Å². The molecule has 1 aromatic carbocycles. The quantitative estimate of drug-likeness (QED) is 0.480. The highest BCUT2D eigenvalue weighted by atomic mass is 32.2. The van der Waals surface area contributed by atoms with Crippen LogP contribution in [0.15, 0.2) is 23.1 Å². The van der Waals surface area contributed by atoms with E-state index in [0.29, 0.717) is 29.6 Å². The van der Waals surface area contributed by atoms with Gasteiger partial charge in [0.2, 0.25) is 0 Å². The molecular formula is C20H25NO6S. The maximum atomic E-state index is 12.5. The third kappa shape index (κ3) is 5.76. The highest BCUT2D eigenvalue weighted by molar-refractivity contribution is 8.18. The first kappa shape index (κ1) is 21.8. The maximum Gasteiger partial charge on any atom is 0.326 e. The van der Waals surface area contributed by atoms with Gasteiger partial charge in [0.05, 0.1) is 24.7 Å². The summed E-state index contributed by atoms with van der Waals surface area (Å²) in [5.74, 6) is 0.382. The molecule has 1 heterocycles. The number of imide groups is 1. The molecule has 0 unspecified atom stereocenters. The number of ether oxygens (including phenoxy) is 3. The Kier molecular flexibility index (Phi) is 7.51. The fourth-order valence-electron chi connectivity index (χ4n) is 2.37. The summed E-state index contributed by atoms with van der Waals surface area (Å²) in [6, 6.07) is 5.27. The lowest BCUT2D eigenvalue weighted by atomic mass is 10.1. The molecule has 1 saturated heterocycles. The Bertz CT molecular complexity index is 787. The van der Waals surface area contributed by atoms with E-state index in [2.05, 4.69) is 0 Å². The number of carbonyl (C=O) groups excluding carboxylic acids is 3. The average molecular weight is 407 g/mol. The second kappa shape index (κ2) is 9.64. The summed E-state index contributed by atoms with van der Waals surface area (Å²) in [6.07, 6.45) is 1.28. The highest BCUT2D eigenvalue weighted by Crippen LogP contribution is 2.34. The van der Waals surface area contributed by atoms with Crippen LogP contribution in [0.3, 0.4) is 0 Å². The molecule has 1 aliphatic rings. The third-order valence-corrected chi connectivity index (χ3v) is 4.49. The van der Waals surface area contributed by atoms with E-state index in [1.807, 2.05) is 13.8 Å². The van der Waals surface area contributed by atoms with E-state index in [1.165, 1.54) is 7.11 Å². The first-order chi connectivity index (χ1) is 13.2. The molecule has 0 radical (unpaired) electrons. The minimum atomic E-state index is -0.619. The minimum absolute atomic E-state index is 0.236. The predicted molar refractivity (Wildman–Crippen MR) is 107 cm³/mol. The number of nitrogens with zero attached hydrogens (tertiary/aromatic N) is 1. The van der Waals surface area contributed by atoms with Crippen LogP contribution in [0.25, 0.3) is 6.08 Å². The van der Waals surface area contributed by atoms with Gasteiger partial charge in [-0.05, 0) is 55.3 Å². The van der Waals surface area contributed by atoms with Crippen molar-refractivity contribution in [1.29, 1.82) is 0 Å². The second-order valence-electron chi connectivity index (χ2n) is 6.92. The SMILES string of the molecule is COc1cc(/C=C2/SC(=O)N(CC(=O)OC(C)C)C2=O)ccc1OCC(C)C. The summed E-state index contributed by atoms with van der Waals surface area (Å²) in [6.45, 7) is 7.66. The van der Waals surface area contributed by atoms with Crippen LogP contribution in [-0.2, 0) is 14.3 Å². The highest BCUT2D eigenvalue weighted by Gasteiger charge is 2.36. The molecule has 152 valence electrons. The lowest BCUT2D eigenvalue weighted by molar-refractivity contribution is -0.149. The Balaban J connectivity index is 2.15. The Labute approximate surface area is 169 Å². The van der Waals surface area contributed by atoms with Crippen LogP contribution in [0.4, 0.5) is 4.79 Å². The largest absolute Gasteiger partial charge is 0.493 e. The van der Waals surface area contributed by atoms with E-state index in [1.54, 1.807) is 38.1 Å². The zero-order valence-electron chi connectivity index (χ0n) is 16.7. The molecule has 2 amide bonds. The van der Waals surface area contributed by atoms with Gasteiger partial charge < -0.3 is 14.2 Å². The van der Waals surface area contributed by atoms with Gasteiger partial charge in [0, 0.05) is 0 Å². The molecule has 0 bridgehead atoms. The van der Waals surface area contributed by atoms with Crippen LogP contribution in [0, 0.1) is 5.92 Å². The number of hydrogen-bond acceptors (Lipinski definition) is 7. The zero-order valence-corrected chi connectivity index (χ0v) is 17.5. The van der Waals surface area contributed by atoms with Crippen LogP contribution in [0.2, 0.25) is 0 Å². The van der Waals surface area contributed by atoms with Gasteiger partial charge in [-0.15, -0.1) is 0 Å². The van der Waals surface area contributed by atoms with Crippen LogP contribution in [-0.4, -0.2) is 48.4 Å². The van der Waals surface area contributed by atoms with Crippen molar-refractivity contribution in [2.75, 3.05) is 20.3 Å². The number of amides is 2. The fourth-order valence-corrected chi connectivity index (χ4v) is 3.20. The summed E-state index contributed by atoms with van der Waals surface area (Å²) < 4.78 is 16.1. The van der Waals surface area contributed by atoms with Gasteiger partial charge >= 0.3 is 5.97 Å². The number of hydrogen-bond donors (Lipinski definition) is 0. The number of rotatable bonds is 8. The Morgan fingerprint density at radius 1 is 1.18 bits per heavy atom. The molecular weight excluding hydrogens is 382 g/mol. The summed E-state index contributed by atoms with van der Waals surface area (Å²) in [4.78, 5) is 37.5. The van der Waals surface area contributed by atoms with E-state index in [0.717, 1.165) is 16.7 Å².